The van der Waals surface area contributed by atoms with E-state index < -0.39 is 0 Å². The van der Waals surface area contributed by atoms with Gasteiger partial charge in [-0.1, -0.05) is 22.0 Å². The van der Waals surface area contributed by atoms with Gasteiger partial charge in [0.05, 0.1) is 0 Å². The van der Waals surface area contributed by atoms with Crippen LogP contribution in [0.15, 0.2) is 10.6 Å². The minimum absolute atomic E-state index is 0.313. The molecule has 10 heavy (non-hydrogen) atoms. The molecule has 0 aromatic heterocycles. The summed E-state index contributed by atoms with van der Waals surface area (Å²) in [6.07, 6.45) is 6.85. The van der Waals surface area contributed by atoms with E-state index in [1.165, 1.54) is 23.7 Å². The van der Waals surface area contributed by atoms with Crippen LogP contribution in [0.2, 0.25) is 0 Å². The maximum Gasteiger partial charge on any atom is 0.0437 e. The maximum absolute atomic E-state index is 8.69. The van der Waals surface area contributed by atoms with Crippen LogP contribution in [-0.4, -0.2) is 11.7 Å². The van der Waals surface area contributed by atoms with Gasteiger partial charge in [-0.2, -0.15) is 0 Å². The fourth-order valence-electron chi connectivity index (χ4n) is 1.35. The Morgan fingerprint density at radius 2 is 2.50 bits per heavy atom. The molecule has 0 spiro atoms. The normalized spacial score (nSPS) is 26.2. The van der Waals surface area contributed by atoms with Crippen LogP contribution in [0.4, 0.5) is 0 Å². The van der Waals surface area contributed by atoms with Gasteiger partial charge in [-0.05, 0) is 36.1 Å². The molecule has 1 aliphatic rings. The van der Waals surface area contributed by atoms with Gasteiger partial charge < -0.3 is 5.11 Å². The predicted molar refractivity (Wildman–Crippen MR) is 46.1 cm³/mol. The van der Waals surface area contributed by atoms with Crippen LogP contribution in [0.5, 0.6) is 0 Å². The Morgan fingerprint density at radius 1 is 1.70 bits per heavy atom. The van der Waals surface area contributed by atoms with Crippen molar-refractivity contribution in [2.75, 3.05) is 6.61 Å². The molecule has 0 aromatic carbocycles. The molecule has 0 saturated carbocycles. The average molecular weight is 205 g/mol. The molecular weight excluding hydrogens is 192 g/mol. The van der Waals surface area contributed by atoms with Gasteiger partial charge in [0.15, 0.2) is 0 Å². The molecular formula is C8H13BrO. The number of rotatable bonds is 2. The van der Waals surface area contributed by atoms with E-state index in [-0.39, 0.29) is 0 Å². The molecule has 1 N–H and O–H groups in total. The predicted octanol–water partition coefficient (Wildman–Crippen LogP) is 2.45. The molecule has 1 rings (SSSR count). The van der Waals surface area contributed by atoms with Crippen molar-refractivity contribution in [2.24, 2.45) is 5.92 Å². The number of allylic oxidation sites excluding steroid dienone is 2. The van der Waals surface area contributed by atoms with E-state index in [1.807, 2.05) is 0 Å². The van der Waals surface area contributed by atoms with Crippen LogP contribution in [0, 0.1) is 5.92 Å². The Labute approximate surface area is 70.3 Å². The zero-order chi connectivity index (χ0) is 7.40. The zero-order valence-corrected chi connectivity index (χ0v) is 7.60. The zero-order valence-electron chi connectivity index (χ0n) is 6.02. The second kappa shape index (κ2) is 4.14. The molecule has 0 bridgehead atoms. The fourth-order valence-corrected chi connectivity index (χ4v) is 2.03. The Kier molecular flexibility index (Phi) is 3.43. The van der Waals surface area contributed by atoms with Crippen LogP contribution in [0.3, 0.4) is 0 Å². The van der Waals surface area contributed by atoms with E-state index in [9.17, 15) is 0 Å². The number of halogens is 1. The Bertz CT molecular complexity index is 131. The van der Waals surface area contributed by atoms with Crippen LogP contribution in [-0.2, 0) is 0 Å². The molecule has 0 aliphatic heterocycles. The first-order valence-corrected chi connectivity index (χ1v) is 4.60. The summed E-state index contributed by atoms with van der Waals surface area (Å²) in [4.78, 5) is 0. The quantitative estimate of drug-likeness (QED) is 0.734. The van der Waals surface area contributed by atoms with E-state index >= 15 is 0 Å². The lowest BCUT2D eigenvalue weighted by molar-refractivity contribution is 0.263. The monoisotopic (exact) mass is 204 g/mol. The molecule has 1 aliphatic carbocycles. The third-order valence-corrected chi connectivity index (χ3v) is 2.93. The number of hydrogen-bond acceptors (Lipinski definition) is 1. The summed E-state index contributed by atoms with van der Waals surface area (Å²) in [6, 6.07) is 0. The molecule has 1 atom stereocenters. The summed E-state index contributed by atoms with van der Waals surface area (Å²) in [5.74, 6) is 0.596. The summed E-state index contributed by atoms with van der Waals surface area (Å²) in [5.41, 5.74) is 0. The van der Waals surface area contributed by atoms with E-state index in [1.54, 1.807) is 0 Å². The van der Waals surface area contributed by atoms with Crippen molar-refractivity contribution in [1.82, 2.24) is 0 Å². The van der Waals surface area contributed by atoms with Gasteiger partial charge in [0.25, 0.3) is 0 Å². The van der Waals surface area contributed by atoms with Crippen molar-refractivity contribution < 1.29 is 5.11 Å². The highest BCUT2D eigenvalue weighted by Gasteiger charge is 2.14. The fraction of sp³-hybridized carbons (Fsp3) is 0.750. The summed E-state index contributed by atoms with van der Waals surface area (Å²) < 4.78 is 1.30. The molecule has 0 fully saturated rings. The molecule has 0 heterocycles. The first-order valence-electron chi connectivity index (χ1n) is 3.81. The Hall–Kier alpha value is 0.180. The SMILES string of the molecule is OCCC1CCCC=C1Br. The highest BCUT2D eigenvalue weighted by molar-refractivity contribution is 9.11. The van der Waals surface area contributed by atoms with E-state index in [0.29, 0.717) is 12.5 Å². The molecule has 0 amide bonds. The van der Waals surface area contributed by atoms with Crippen LogP contribution >= 0.6 is 15.9 Å². The van der Waals surface area contributed by atoms with E-state index in [2.05, 4.69) is 22.0 Å². The molecule has 0 radical (unpaired) electrons. The average Bonchev–Trinajstić information content (AvgIpc) is 1.94. The van der Waals surface area contributed by atoms with E-state index in [0.717, 1.165) is 6.42 Å². The Balaban J connectivity index is 2.41. The van der Waals surface area contributed by atoms with Crippen LogP contribution < -0.4 is 0 Å². The number of aliphatic hydroxyl groups is 1. The second-order valence-corrected chi connectivity index (χ2v) is 3.64. The first kappa shape index (κ1) is 8.28. The van der Waals surface area contributed by atoms with Gasteiger partial charge in [-0.15, -0.1) is 0 Å². The lowest BCUT2D eigenvalue weighted by atomic mass is 9.93. The van der Waals surface area contributed by atoms with Gasteiger partial charge in [0.2, 0.25) is 0 Å². The summed E-state index contributed by atoms with van der Waals surface area (Å²) in [7, 11) is 0. The molecule has 2 heteroatoms. The third kappa shape index (κ3) is 2.10. The molecule has 0 aromatic rings. The first-order chi connectivity index (χ1) is 4.84. The summed E-state index contributed by atoms with van der Waals surface area (Å²) in [5, 5.41) is 8.69. The standard InChI is InChI=1S/C8H13BrO/c9-8-4-2-1-3-7(8)5-6-10/h4,7,10H,1-3,5-6H2. The highest BCUT2D eigenvalue weighted by Crippen LogP contribution is 2.30. The lowest BCUT2D eigenvalue weighted by Gasteiger charge is -2.18. The van der Waals surface area contributed by atoms with Gasteiger partial charge in [-0.3, -0.25) is 0 Å². The number of hydrogen-bond donors (Lipinski definition) is 1. The largest absolute Gasteiger partial charge is 0.396 e. The van der Waals surface area contributed by atoms with Crippen LogP contribution in [0.25, 0.3) is 0 Å². The Morgan fingerprint density at radius 3 is 3.10 bits per heavy atom. The molecule has 0 saturated heterocycles. The topological polar surface area (TPSA) is 20.2 Å². The van der Waals surface area contributed by atoms with E-state index in [4.69, 9.17) is 5.11 Å². The molecule has 1 unspecified atom stereocenters. The van der Waals surface area contributed by atoms with Crippen molar-refractivity contribution in [1.29, 1.82) is 0 Å². The van der Waals surface area contributed by atoms with Crippen molar-refractivity contribution in [2.45, 2.75) is 25.7 Å². The van der Waals surface area contributed by atoms with Crippen molar-refractivity contribution in [3.8, 4) is 0 Å². The minimum Gasteiger partial charge on any atom is -0.396 e. The van der Waals surface area contributed by atoms with Gasteiger partial charge in [0, 0.05) is 6.61 Å². The van der Waals surface area contributed by atoms with Crippen molar-refractivity contribution in [3.05, 3.63) is 10.6 Å². The van der Waals surface area contributed by atoms with Crippen molar-refractivity contribution in [3.63, 3.8) is 0 Å². The van der Waals surface area contributed by atoms with Gasteiger partial charge in [-0.25, -0.2) is 0 Å². The summed E-state index contributed by atoms with van der Waals surface area (Å²) in [6.45, 7) is 0.313. The smallest absolute Gasteiger partial charge is 0.0437 e. The lowest BCUT2D eigenvalue weighted by Crippen LogP contribution is -2.06. The van der Waals surface area contributed by atoms with Crippen LogP contribution in [0.1, 0.15) is 25.7 Å². The second-order valence-electron chi connectivity index (χ2n) is 2.73. The number of aliphatic hydroxyl groups excluding tert-OH is 1. The van der Waals surface area contributed by atoms with Crippen molar-refractivity contribution >= 4 is 15.9 Å². The van der Waals surface area contributed by atoms with Gasteiger partial charge in [0.1, 0.15) is 0 Å². The molecule has 1 nitrogen and oxygen atoms in total. The molecule has 58 valence electrons. The van der Waals surface area contributed by atoms with Gasteiger partial charge >= 0.3 is 0 Å². The minimum atomic E-state index is 0.313. The summed E-state index contributed by atoms with van der Waals surface area (Å²) >= 11 is 3.51. The highest BCUT2D eigenvalue weighted by atomic mass is 79.9. The third-order valence-electron chi connectivity index (χ3n) is 1.96. The maximum atomic E-state index is 8.69.